The summed E-state index contributed by atoms with van der Waals surface area (Å²) in [7, 11) is 0. The molecule has 1 amide bonds. The lowest BCUT2D eigenvalue weighted by molar-refractivity contribution is -0.185. The van der Waals surface area contributed by atoms with Crippen molar-refractivity contribution in [2.45, 2.75) is 38.8 Å². The molecule has 84 valence electrons. The highest BCUT2D eigenvalue weighted by atomic mass is 19.4. The Morgan fingerprint density at radius 1 is 1.29 bits per heavy atom. The molecule has 0 bridgehead atoms. The molecule has 0 saturated heterocycles. The second kappa shape index (κ2) is 5.85. The first-order valence-corrected chi connectivity index (χ1v) is 4.53. The van der Waals surface area contributed by atoms with Gasteiger partial charge in [0, 0.05) is 6.54 Å². The van der Waals surface area contributed by atoms with E-state index in [9.17, 15) is 18.0 Å². The van der Waals surface area contributed by atoms with Gasteiger partial charge in [-0.2, -0.15) is 13.2 Å². The van der Waals surface area contributed by atoms with Gasteiger partial charge in [-0.05, 0) is 6.42 Å². The molecule has 3 nitrogen and oxygen atoms in total. The lowest BCUT2D eigenvalue weighted by Crippen LogP contribution is -2.46. The Hall–Kier alpha value is -0.780. The number of rotatable bonds is 5. The largest absolute Gasteiger partial charge is 0.472 e. The Kier molecular flexibility index (Phi) is 5.52. The number of nitrogens with zero attached hydrogens (tertiary/aromatic N) is 1. The summed E-state index contributed by atoms with van der Waals surface area (Å²) >= 11 is 0. The SMILES string of the molecule is CCCCCCN(N)C(=O)C(F)(F)F. The Morgan fingerprint density at radius 2 is 1.86 bits per heavy atom. The standard InChI is InChI=1S/C8H15F3N2O/c1-2-3-4-5-6-13(12)7(14)8(9,10)11/h2-6,12H2,1H3. The van der Waals surface area contributed by atoms with E-state index in [1.54, 1.807) is 0 Å². The third-order valence-corrected chi connectivity index (χ3v) is 1.76. The topological polar surface area (TPSA) is 46.3 Å². The molecule has 0 unspecified atom stereocenters. The molecule has 0 fully saturated rings. The van der Waals surface area contributed by atoms with Crippen molar-refractivity contribution < 1.29 is 18.0 Å². The van der Waals surface area contributed by atoms with Crippen LogP contribution in [0.4, 0.5) is 13.2 Å². The fourth-order valence-corrected chi connectivity index (χ4v) is 0.973. The van der Waals surface area contributed by atoms with E-state index in [2.05, 4.69) is 0 Å². The first-order chi connectivity index (χ1) is 6.39. The number of carbonyl (C=O) groups excluding carboxylic acids is 1. The molecular formula is C8H15F3N2O. The molecule has 0 aromatic carbocycles. The number of hydrazine groups is 1. The number of unbranched alkanes of at least 4 members (excludes halogenated alkanes) is 3. The van der Waals surface area contributed by atoms with Gasteiger partial charge < -0.3 is 0 Å². The maximum Gasteiger partial charge on any atom is 0.472 e. The van der Waals surface area contributed by atoms with E-state index in [0.717, 1.165) is 19.3 Å². The van der Waals surface area contributed by atoms with Crippen molar-refractivity contribution in [3.05, 3.63) is 0 Å². The van der Waals surface area contributed by atoms with Crippen LogP contribution < -0.4 is 5.84 Å². The molecule has 0 aliphatic heterocycles. The van der Waals surface area contributed by atoms with Crippen LogP contribution in [0.15, 0.2) is 0 Å². The average Bonchev–Trinajstić information content (AvgIpc) is 2.09. The highest BCUT2D eigenvalue weighted by Crippen LogP contribution is 2.17. The van der Waals surface area contributed by atoms with Gasteiger partial charge in [-0.15, -0.1) is 0 Å². The monoisotopic (exact) mass is 212 g/mol. The smallest absolute Gasteiger partial charge is 0.273 e. The maximum atomic E-state index is 11.8. The molecule has 0 radical (unpaired) electrons. The lowest BCUT2D eigenvalue weighted by atomic mass is 10.2. The van der Waals surface area contributed by atoms with Gasteiger partial charge in [0.25, 0.3) is 0 Å². The molecule has 0 heterocycles. The molecule has 0 spiro atoms. The van der Waals surface area contributed by atoms with Crippen LogP contribution in [0.1, 0.15) is 32.6 Å². The van der Waals surface area contributed by atoms with Crippen LogP contribution in [-0.4, -0.2) is 23.6 Å². The van der Waals surface area contributed by atoms with Crippen LogP contribution in [0.5, 0.6) is 0 Å². The van der Waals surface area contributed by atoms with Crippen LogP contribution in [0.2, 0.25) is 0 Å². The lowest BCUT2D eigenvalue weighted by Gasteiger charge is -2.17. The van der Waals surface area contributed by atoms with Crippen molar-refractivity contribution in [1.29, 1.82) is 0 Å². The summed E-state index contributed by atoms with van der Waals surface area (Å²) in [5, 5.41) is 0.232. The van der Waals surface area contributed by atoms with Crippen LogP contribution in [0, 0.1) is 0 Å². The van der Waals surface area contributed by atoms with E-state index in [4.69, 9.17) is 5.84 Å². The van der Waals surface area contributed by atoms with E-state index < -0.39 is 12.1 Å². The van der Waals surface area contributed by atoms with Gasteiger partial charge in [0.1, 0.15) is 0 Å². The predicted octanol–water partition coefficient (Wildman–Crippen LogP) is 1.83. The maximum absolute atomic E-state index is 11.8. The van der Waals surface area contributed by atoms with Crippen molar-refractivity contribution in [3.63, 3.8) is 0 Å². The Labute approximate surface area is 81.0 Å². The summed E-state index contributed by atoms with van der Waals surface area (Å²) in [5.74, 6) is 2.97. The van der Waals surface area contributed by atoms with Crippen LogP contribution in [0.25, 0.3) is 0 Å². The van der Waals surface area contributed by atoms with E-state index in [-0.39, 0.29) is 11.6 Å². The van der Waals surface area contributed by atoms with Gasteiger partial charge in [0.2, 0.25) is 0 Å². The molecule has 0 saturated carbocycles. The second-order valence-corrected chi connectivity index (χ2v) is 3.06. The molecule has 2 N–H and O–H groups in total. The zero-order valence-electron chi connectivity index (χ0n) is 8.10. The zero-order valence-corrected chi connectivity index (χ0v) is 8.10. The van der Waals surface area contributed by atoms with Crippen LogP contribution in [0.3, 0.4) is 0 Å². The summed E-state index contributed by atoms with van der Waals surface area (Å²) in [6.07, 6.45) is -1.65. The summed E-state index contributed by atoms with van der Waals surface area (Å²) in [5.41, 5.74) is 0. The van der Waals surface area contributed by atoms with Crippen molar-refractivity contribution in [2.24, 2.45) is 5.84 Å². The van der Waals surface area contributed by atoms with Gasteiger partial charge >= 0.3 is 12.1 Å². The minimum atomic E-state index is -4.86. The Balaban J connectivity index is 3.74. The van der Waals surface area contributed by atoms with Crippen LogP contribution in [-0.2, 0) is 4.79 Å². The summed E-state index contributed by atoms with van der Waals surface area (Å²) in [6.45, 7) is 1.94. The molecule has 0 aromatic rings. The van der Waals surface area contributed by atoms with Crippen molar-refractivity contribution in [3.8, 4) is 0 Å². The highest BCUT2D eigenvalue weighted by molar-refractivity contribution is 5.81. The van der Waals surface area contributed by atoms with Gasteiger partial charge in [-0.25, -0.2) is 5.84 Å². The minimum Gasteiger partial charge on any atom is -0.273 e. The van der Waals surface area contributed by atoms with Crippen molar-refractivity contribution >= 4 is 5.91 Å². The quantitative estimate of drug-likeness (QED) is 0.327. The van der Waals surface area contributed by atoms with Crippen LogP contribution >= 0.6 is 0 Å². The third kappa shape index (κ3) is 5.06. The fraction of sp³-hybridized carbons (Fsp3) is 0.875. The highest BCUT2D eigenvalue weighted by Gasteiger charge is 2.41. The number of alkyl halides is 3. The second-order valence-electron chi connectivity index (χ2n) is 3.06. The summed E-state index contributed by atoms with van der Waals surface area (Å²) in [4.78, 5) is 10.5. The predicted molar refractivity (Wildman–Crippen MR) is 46.1 cm³/mol. The summed E-state index contributed by atoms with van der Waals surface area (Å²) < 4.78 is 35.4. The molecule has 6 heteroatoms. The first-order valence-electron chi connectivity index (χ1n) is 4.53. The van der Waals surface area contributed by atoms with Crippen molar-refractivity contribution in [2.75, 3.05) is 6.54 Å². The molecular weight excluding hydrogens is 197 g/mol. The van der Waals surface area contributed by atoms with Gasteiger partial charge in [0.05, 0.1) is 0 Å². The molecule has 0 aromatic heterocycles. The molecule has 0 rings (SSSR count). The van der Waals surface area contributed by atoms with E-state index in [0.29, 0.717) is 6.42 Å². The number of halogens is 3. The molecule has 0 aliphatic carbocycles. The fourth-order valence-electron chi connectivity index (χ4n) is 0.973. The summed E-state index contributed by atoms with van der Waals surface area (Å²) in [6, 6.07) is 0. The molecule has 0 atom stereocenters. The number of hydrogen-bond acceptors (Lipinski definition) is 2. The normalized spacial score (nSPS) is 11.5. The molecule has 14 heavy (non-hydrogen) atoms. The third-order valence-electron chi connectivity index (χ3n) is 1.76. The van der Waals surface area contributed by atoms with E-state index in [1.165, 1.54) is 0 Å². The van der Waals surface area contributed by atoms with Gasteiger partial charge in [-0.1, -0.05) is 26.2 Å². The van der Waals surface area contributed by atoms with Gasteiger partial charge in [0.15, 0.2) is 0 Å². The Bertz CT molecular complexity index is 182. The van der Waals surface area contributed by atoms with E-state index in [1.807, 2.05) is 6.92 Å². The van der Waals surface area contributed by atoms with E-state index >= 15 is 0 Å². The minimum absolute atomic E-state index is 0.0433. The average molecular weight is 212 g/mol. The van der Waals surface area contributed by atoms with Gasteiger partial charge in [-0.3, -0.25) is 9.80 Å². The number of carbonyl (C=O) groups is 1. The molecule has 0 aliphatic rings. The zero-order chi connectivity index (χ0) is 11.2. The Morgan fingerprint density at radius 3 is 2.29 bits per heavy atom. The number of amides is 1. The number of nitrogens with two attached hydrogens (primary N) is 1. The number of hydrogen-bond donors (Lipinski definition) is 1. The van der Waals surface area contributed by atoms with Crippen molar-refractivity contribution in [1.82, 2.24) is 5.01 Å². The first kappa shape index (κ1) is 13.2.